The van der Waals surface area contributed by atoms with Crippen molar-refractivity contribution >= 4 is 35.6 Å². The molecule has 0 bridgehead atoms. The molecule has 0 radical (unpaired) electrons. The maximum absolute atomic E-state index is 11.7. The fraction of sp³-hybridized carbons (Fsp3) is 0.818. The Bertz CT molecular complexity index is 874. The first kappa shape index (κ1) is 61.8. The fourth-order valence-corrected chi connectivity index (χ4v) is 4.20. The smallest absolute Gasteiger partial charge is 0.550 e. The Labute approximate surface area is 366 Å². The topological polar surface area (TPSA) is 222 Å². The number of carboxylic acids is 3. The van der Waals surface area contributed by atoms with Gasteiger partial charge in [0.15, 0.2) is 0 Å². The average Bonchev–Trinajstić information content (AvgIpc) is 2.98. The van der Waals surface area contributed by atoms with Crippen LogP contribution in [-0.4, -0.2) is 103 Å². The third-order valence-electron chi connectivity index (χ3n) is 6.93. The first-order valence-corrected chi connectivity index (χ1v) is 16.9. The summed E-state index contributed by atoms with van der Waals surface area (Å²) in [6.45, 7) is 8.75. The Balaban J connectivity index is -0.000000164. The second kappa shape index (κ2) is 44.9. The molecule has 0 aromatic heterocycles. The zero-order valence-electron chi connectivity index (χ0n) is 32.4. The van der Waals surface area contributed by atoms with Gasteiger partial charge in [-0.05, 0) is 25.7 Å². The van der Waals surface area contributed by atoms with Crippen LogP contribution in [0.2, 0.25) is 0 Å². The van der Waals surface area contributed by atoms with Gasteiger partial charge in [-0.2, -0.15) is 0 Å². The quantitative estimate of drug-likeness (QED) is 0.0558. The first-order chi connectivity index (χ1) is 22.2. The number of aliphatic carboxylic acids is 3. The van der Waals surface area contributed by atoms with E-state index in [1.54, 1.807) is 11.8 Å². The molecule has 0 heterocycles. The number of hydrogen-bond acceptors (Lipinski definition) is 11. The summed E-state index contributed by atoms with van der Waals surface area (Å²) >= 11 is 0. The summed E-state index contributed by atoms with van der Waals surface area (Å²) in [4.78, 5) is 67.3. The molecular formula is C33H61N4Na3O10. The Hall–Kier alpha value is -0.260. The largest absolute Gasteiger partial charge is 1.00 e. The van der Waals surface area contributed by atoms with E-state index in [2.05, 4.69) is 24.5 Å². The Morgan fingerprint density at radius 3 is 1.54 bits per heavy atom. The maximum Gasteiger partial charge on any atom is 1.00 e. The van der Waals surface area contributed by atoms with Crippen LogP contribution in [-0.2, 0) is 28.8 Å². The summed E-state index contributed by atoms with van der Waals surface area (Å²) in [6.07, 6.45) is 13.6. The second-order valence-electron chi connectivity index (χ2n) is 11.4. The van der Waals surface area contributed by atoms with E-state index >= 15 is 0 Å². The van der Waals surface area contributed by atoms with Gasteiger partial charge in [0.1, 0.15) is 0 Å². The SMILES string of the molecule is CC(=O)NCCN(CCO)CC(=O)[O-].CCCCCCCCCCCCCC(=O)NC(CCC(=O)[O-])C(=O)[O-].CCCN(C)C(C)=O.[Na+].[Na+].[Na+]. The van der Waals surface area contributed by atoms with Crippen LogP contribution >= 0.6 is 0 Å². The van der Waals surface area contributed by atoms with E-state index in [4.69, 9.17) is 5.11 Å². The van der Waals surface area contributed by atoms with Crippen LogP contribution in [0.15, 0.2) is 0 Å². The van der Waals surface area contributed by atoms with Crippen molar-refractivity contribution in [3.05, 3.63) is 0 Å². The van der Waals surface area contributed by atoms with Crippen molar-refractivity contribution in [2.45, 2.75) is 130 Å². The number of rotatable bonds is 26. The minimum atomic E-state index is -1.46. The van der Waals surface area contributed by atoms with Crippen molar-refractivity contribution in [3.63, 3.8) is 0 Å². The Morgan fingerprint density at radius 1 is 0.680 bits per heavy atom. The van der Waals surface area contributed by atoms with Gasteiger partial charge in [-0.25, -0.2) is 0 Å². The molecule has 50 heavy (non-hydrogen) atoms. The van der Waals surface area contributed by atoms with Crippen LogP contribution < -0.4 is 115 Å². The second-order valence-corrected chi connectivity index (χ2v) is 11.4. The number of carboxylic acid groups (broad SMARTS) is 3. The third kappa shape index (κ3) is 49.9. The van der Waals surface area contributed by atoms with Crippen molar-refractivity contribution < 1.29 is 138 Å². The van der Waals surface area contributed by atoms with Crippen LogP contribution in [0.5, 0.6) is 0 Å². The number of unbranched alkanes of at least 4 members (excludes halogenated alkanes) is 10. The van der Waals surface area contributed by atoms with Gasteiger partial charge in [-0.1, -0.05) is 78.1 Å². The summed E-state index contributed by atoms with van der Waals surface area (Å²) in [5.74, 6) is -4.39. The molecule has 3 N–H and O–H groups in total. The molecule has 3 amide bonds. The number of amides is 3. The van der Waals surface area contributed by atoms with Gasteiger partial charge in [0.2, 0.25) is 17.7 Å². The van der Waals surface area contributed by atoms with Crippen LogP contribution in [0, 0.1) is 0 Å². The van der Waals surface area contributed by atoms with Crippen LogP contribution in [0.3, 0.4) is 0 Å². The van der Waals surface area contributed by atoms with E-state index in [-0.39, 0.29) is 139 Å². The van der Waals surface area contributed by atoms with E-state index in [0.717, 1.165) is 25.8 Å². The maximum atomic E-state index is 11.7. The minimum Gasteiger partial charge on any atom is -0.550 e. The molecule has 0 aliphatic heterocycles. The van der Waals surface area contributed by atoms with Crippen molar-refractivity contribution in [1.29, 1.82) is 0 Å². The number of nitrogens with one attached hydrogen (secondary N) is 2. The number of nitrogens with zero attached hydrogens (tertiary/aromatic N) is 2. The van der Waals surface area contributed by atoms with E-state index in [9.17, 15) is 44.1 Å². The van der Waals surface area contributed by atoms with E-state index < -0.39 is 30.4 Å². The summed E-state index contributed by atoms with van der Waals surface area (Å²) in [6, 6.07) is -1.27. The van der Waals surface area contributed by atoms with Gasteiger partial charge in [0, 0.05) is 66.0 Å². The molecule has 1 atom stereocenters. The molecule has 0 spiro atoms. The molecule has 17 heteroatoms. The fourth-order valence-electron chi connectivity index (χ4n) is 4.20. The molecule has 0 aliphatic carbocycles. The summed E-state index contributed by atoms with van der Waals surface area (Å²) in [5.41, 5.74) is 0. The van der Waals surface area contributed by atoms with Crippen molar-refractivity contribution in [2.24, 2.45) is 0 Å². The monoisotopic (exact) mass is 742 g/mol. The van der Waals surface area contributed by atoms with Crippen LogP contribution in [0.25, 0.3) is 0 Å². The van der Waals surface area contributed by atoms with Crippen molar-refractivity contribution in [2.75, 3.05) is 46.4 Å². The molecule has 0 aliphatic rings. The Kier molecular flexibility index (Phi) is 55.5. The van der Waals surface area contributed by atoms with Gasteiger partial charge in [0.05, 0.1) is 24.6 Å². The first-order valence-electron chi connectivity index (χ1n) is 16.9. The van der Waals surface area contributed by atoms with Crippen LogP contribution in [0.1, 0.15) is 124 Å². The van der Waals surface area contributed by atoms with E-state index in [1.165, 1.54) is 63.2 Å². The number of carbonyl (C=O) groups excluding carboxylic acids is 6. The zero-order chi connectivity index (χ0) is 36.5. The van der Waals surface area contributed by atoms with Gasteiger partial charge < -0.3 is 50.3 Å². The molecule has 0 rings (SSSR count). The molecule has 1 unspecified atom stereocenters. The molecule has 14 nitrogen and oxygen atoms in total. The third-order valence-corrected chi connectivity index (χ3v) is 6.93. The van der Waals surface area contributed by atoms with Gasteiger partial charge >= 0.3 is 88.7 Å². The molecule has 276 valence electrons. The van der Waals surface area contributed by atoms with E-state index in [0.29, 0.717) is 19.5 Å². The standard InChI is InChI=1S/C19H35NO5.C8H16N2O4.C6H13NO.3Na/c1-2-3-4-5-6-7-8-9-10-11-12-13-17(21)20-16(19(24)25)14-15-18(22)23;1-7(12)9-2-3-10(4-5-11)6-8(13)14;1-4-5-7(3)6(2)8;;;/h16H,2-15H2,1H3,(H,20,21)(H,22,23)(H,24,25);11H,2-6H2,1H3,(H,9,12)(H,13,14);4-5H2,1-3H3;;;/q;;;3*+1/p-3. The molecule has 0 aromatic carbocycles. The Morgan fingerprint density at radius 2 is 1.18 bits per heavy atom. The number of hydrogen-bond donors (Lipinski definition) is 3. The molecular weight excluding hydrogens is 681 g/mol. The van der Waals surface area contributed by atoms with Gasteiger partial charge in [-0.15, -0.1) is 0 Å². The molecule has 0 fully saturated rings. The molecule has 0 saturated carbocycles. The van der Waals surface area contributed by atoms with E-state index in [1.807, 2.05) is 7.05 Å². The number of aliphatic hydroxyl groups excluding tert-OH is 1. The predicted octanol–water partition coefficient (Wildman–Crippen LogP) is -9.49. The summed E-state index contributed by atoms with van der Waals surface area (Å²) in [5, 5.41) is 45.0. The number of aliphatic hydroxyl groups is 1. The summed E-state index contributed by atoms with van der Waals surface area (Å²) < 4.78 is 0. The summed E-state index contributed by atoms with van der Waals surface area (Å²) in [7, 11) is 1.81. The van der Waals surface area contributed by atoms with Crippen molar-refractivity contribution in [3.8, 4) is 0 Å². The van der Waals surface area contributed by atoms with Gasteiger partial charge in [0.25, 0.3) is 0 Å². The number of carbonyl (C=O) groups is 6. The zero-order valence-corrected chi connectivity index (χ0v) is 38.4. The normalized spacial score (nSPS) is 10.2. The predicted molar refractivity (Wildman–Crippen MR) is 173 cm³/mol. The average molecular weight is 743 g/mol. The molecule has 0 aromatic rings. The minimum absolute atomic E-state index is 0. The van der Waals surface area contributed by atoms with Crippen molar-refractivity contribution in [1.82, 2.24) is 20.4 Å². The van der Waals surface area contributed by atoms with Gasteiger partial charge in [-0.3, -0.25) is 19.3 Å². The van der Waals surface area contributed by atoms with Crippen LogP contribution in [0.4, 0.5) is 0 Å². The molecule has 0 saturated heterocycles.